The van der Waals surface area contributed by atoms with Crippen LogP contribution in [-0.4, -0.2) is 35.3 Å². The van der Waals surface area contributed by atoms with Gasteiger partial charge in [-0.1, -0.05) is 24.3 Å². The number of carbonyl (C=O) groups excluding carboxylic acids is 1. The number of rotatable bonds is 5. The summed E-state index contributed by atoms with van der Waals surface area (Å²) >= 11 is 0. The van der Waals surface area contributed by atoms with Crippen LogP contribution >= 0.6 is 0 Å². The Labute approximate surface area is 154 Å². The maximum Gasteiger partial charge on any atom is 0.435 e. The van der Waals surface area contributed by atoms with Crippen molar-refractivity contribution in [3.8, 4) is 0 Å². The molecular formula is C17H14F7N3O. The van der Waals surface area contributed by atoms with Crippen LogP contribution in [0.4, 0.5) is 30.7 Å². The highest BCUT2D eigenvalue weighted by molar-refractivity contribution is 5.93. The smallest absolute Gasteiger partial charge is 0.270 e. The van der Waals surface area contributed by atoms with Crippen LogP contribution in [0.1, 0.15) is 21.5 Å². The van der Waals surface area contributed by atoms with Gasteiger partial charge in [0.2, 0.25) is 0 Å². The Kier molecular flexibility index (Phi) is 5.97. The first-order valence-electron chi connectivity index (χ1n) is 7.73. The van der Waals surface area contributed by atoms with Gasteiger partial charge in [-0.2, -0.15) is 26.3 Å². The van der Waals surface area contributed by atoms with E-state index in [0.717, 1.165) is 17.1 Å². The first kappa shape index (κ1) is 21.6. The number of hydrogen-bond donors (Lipinski definition) is 1. The summed E-state index contributed by atoms with van der Waals surface area (Å²) in [5, 5.41) is 1.08. The molecule has 0 saturated heterocycles. The number of halogens is 7. The number of hydrazine groups is 1. The van der Waals surface area contributed by atoms with Crippen LogP contribution in [0, 0.1) is 0 Å². The number of amides is 1. The summed E-state index contributed by atoms with van der Waals surface area (Å²) in [7, 11) is 1.41. The molecule has 1 aromatic heterocycles. The number of carbonyl (C=O) groups is 1. The molecule has 0 radical (unpaired) electrons. The molecule has 0 fully saturated rings. The Morgan fingerprint density at radius 2 is 1.43 bits per heavy atom. The summed E-state index contributed by atoms with van der Waals surface area (Å²) in [6.45, 7) is -0.185. The highest BCUT2D eigenvalue weighted by Crippen LogP contribution is 2.53. The van der Waals surface area contributed by atoms with E-state index in [1.54, 1.807) is 0 Å². The Morgan fingerprint density at radius 3 is 1.86 bits per heavy atom. The largest absolute Gasteiger partial charge is 0.435 e. The molecule has 2 rings (SSSR count). The summed E-state index contributed by atoms with van der Waals surface area (Å²) in [5.41, 5.74) is -4.06. The van der Waals surface area contributed by atoms with E-state index in [1.165, 1.54) is 31.6 Å². The van der Waals surface area contributed by atoms with Crippen molar-refractivity contribution >= 4 is 5.91 Å². The van der Waals surface area contributed by atoms with Crippen molar-refractivity contribution in [2.75, 3.05) is 7.05 Å². The Bertz CT molecular complexity index is 790. The Hall–Kier alpha value is -2.69. The van der Waals surface area contributed by atoms with E-state index in [1.807, 2.05) is 0 Å². The minimum absolute atomic E-state index is 0.185. The molecule has 1 N–H and O–H groups in total. The molecule has 1 aromatic carbocycles. The molecule has 0 aliphatic rings. The van der Waals surface area contributed by atoms with Gasteiger partial charge in [0.05, 0.1) is 6.54 Å². The second-order valence-electron chi connectivity index (χ2n) is 5.70. The standard InChI is InChI=1S/C17H14F7N3O/c1-25-27(14(28)12-6-8-26-9-7-12)10-11-2-4-13(5-3-11)15(18,16(19,20)21)17(22,23)24/h2-9,25H,10H2,1H3. The third kappa shape index (κ3) is 4.08. The molecule has 11 heteroatoms. The molecule has 0 spiro atoms. The van der Waals surface area contributed by atoms with Gasteiger partial charge in [-0.25, -0.2) is 9.82 Å². The Morgan fingerprint density at radius 1 is 0.929 bits per heavy atom. The van der Waals surface area contributed by atoms with Gasteiger partial charge in [-0.05, 0) is 17.7 Å². The molecule has 0 aliphatic carbocycles. The van der Waals surface area contributed by atoms with E-state index in [4.69, 9.17) is 0 Å². The fraction of sp³-hybridized carbons (Fsp3) is 0.294. The minimum Gasteiger partial charge on any atom is -0.270 e. The monoisotopic (exact) mass is 409 g/mol. The van der Waals surface area contributed by atoms with Gasteiger partial charge >= 0.3 is 18.0 Å². The normalized spacial score (nSPS) is 12.7. The van der Waals surface area contributed by atoms with Gasteiger partial charge in [0, 0.05) is 30.6 Å². The maximum atomic E-state index is 14.0. The average Bonchev–Trinajstić information content (AvgIpc) is 2.64. The summed E-state index contributed by atoms with van der Waals surface area (Å²) < 4.78 is 90.7. The van der Waals surface area contributed by atoms with E-state index in [0.29, 0.717) is 12.1 Å². The maximum absolute atomic E-state index is 14.0. The second-order valence-corrected chi connectivity index (χ2v) is 5.70. The van der Waals surface area contributed by atoms with Gasteiger partial charge in [0.25, 0.3) is 5.91 Å². The zero-order valence-electron chi connectivity index (χ0n) is 14.3. The molecule has 1 amide bonds. The number of pyridine rings is 1. The van der Waals surface area contributed by atoms with E-state index >= 15 is 0 Å². The minimum atomic E-state index is -6.18. The van der Waals surface area contributed by atoms with E-state index in [9.17, 15) is 35.5 Å². The van der Waals surface area contributed by atoms with Crippen molar-refractivity contribution in [3.63, 3.8) is 0 Å². The molecule has 0 saturated carbocycles. The van der Waals surface area contributed by atoms with E-state index in [-0.39, 0.29) is 17.7 Å². The molecule has 152 valence electrons. The number of nitrogens with one attached hydrogen (secondary N) is 1. The average molecular weight is 409 g/mol. The predicted molar refractivity (Wildman–Crippen MR) is 84.5 cm³/mol. The summed E-state index contributed by atoms with van der Waals surface area (Å²) in [4.78, 5) is 16.1. The molecule has 2 aromatic rings. The number of alkyl halides is 7. The first-order chi connectivity index (χ1) is 12.9. The van der Waals surface area contributed by atoms with Gasteiger partial charge in [0.15, 0.2) is 0 Å². The third-order valence-corrected chi connectivity index (χ3v) is 3.92. The van der Waals surface area contributed by atoms with Crippen LogP contribution in [0.2, 0.25) is 0 Å². The van der Waals surface area contributed by atoms with E-state index in [2.05, 4.69) is 10.4 Å². The lowest BCUT2D eigenvalue weighted by atomic mass is 9.93. The summed E-state index contributed by atoms with van der Waals surface area (Å²) in [6.07, 6.45) is -9.60. The number of benzene rings is 1. The van der Waals surface area contributed by atoms with Crippen molar-refractivity contribution in [2.45, 2.75) is 24.6 Å². The third-order valence-electron chi connectivity index (χ3n) is 3.92. The highest BCUT2D eigenvalue weighted by atomic mass is 19.4. The highest BCUT2D eigenvalue weighted by Gasteiger charge is 2.73. The van der Waals surface area contributed by atoms with Gasteiger partial charge in [0.1, 0.15) is 0 Å². The number of nitrogens with zero attached hydrogens (tertiary/aromatic N) is 2. The van der Waals surface area contributed by atoms with Gasteiger partial charge in [-0.3, -0.25) is 14.8 Å². The van der Waals surface area contributed by atoms with Crippen LogP contribution < -0.4 is 5.43 Å². The molecule has 28 heavy (non-hydrogen) atoms. The fourth-order valence-electron chi connectivity index (χ4n) is 2.41. The summed E-state index contributed by atoms with van der Waals surface area (Å²) in [6, 6.07) is 5.46. The lowest BCUT2D eigenvalue weighted by molar-refractivity contribution is -0.348. The first-order valence-corrected chi connectivity index (χ1v) is 7.73. The van der Waals surface area contributed by atoms with Crippen LogP contribution in [0.25, 0.3) is 0 Å². The van der Waals surface area contributed by atoms with Gasteiger partial charge < -0.3 is 0 Å². The molecule has 0 aliphatic heterocycles. The summed E-state index contributed by atoms with van der Waals surface area (Å²) in [5.74, 6) is -0.501. The molecule has 0 bridgehead atoms. The SMILES string of the molecule is CNN(Cc1ccc(C(F)(C(F)(F)F)C(F)(F)F)cc1)C(=O)c1ccncc1. The van der Waals surface area contributed by atoms with Crippen LogP contribution in [0.5, 0.6) is 0 Å². The van der Waals surface area contributed by atoms with Crippen molar-refractivity contribution in [2.24, 2.45) is 0 Å². The molecule has 4 nitrogen and oxygen atoms in total. The molecule has 0 unspecified atom stereocenters. The van der Waals surface area contributed by atoms with Crippen LogP contribution in [0.15, 0.2) is 48.8 Å². The lowest BCUT2D eigenvalue weighted by Crippen LogP contribution is -2.50. The van der Waals surface area contributed by atoms with E-state index < -0.39 is 29.5 Å². The molecular weight excluding hydrogens is 395 g/mol. The second kappa shape index (κ2) is 7.74. The lowest BCUT2D eigenvalue weighted by Gasteiger charge is -2.30. The van der Waals surface area contributed by atoms with Crippen LogP contribution in [-0.2, 0) is 12.2 Å². The zero-order chi connectivity index (χ0) is 21.2. The van der Waals surface area contributed by atoms with Crippen molar-refractivity contribution in [3.05, 3.63) is 65.5 Å². The zero-order valence-corrected chi connectivity index (χ0v) is 14.3. The predicted octanol–water partition coefficient (Wildman–Crippen LogP) is 4.15. The molecule has 1 heterocycles. The van der Waals surface area contributed by atoms with Crippen molar-refractivity contribution in [1.82, 2.24) is 15.4 Å². The number of aromatic nitrogens is 1. The number of hydrogen-bond acceptors (Lipinski definition) is 3. The van der Waals surface area contributed by atoms with Crippen molar-refractivity contribution in [1.29, 1.82) is 0 Å². The van der Waals surface area contributed by atoms with Gasteiger partial charge in [-0.15, -0.1) is 0 Å². The van der Waals surface area contributed by atoms with Crippen LogP contribution in [0.3, 0.4) is 0 Å². The quantitative estimate of drug-likeness (QED) is 0.596. The topological polar surface area (TPSA) is 45.2 Å². The fourth-order valence-corrected chi connectivity index (χ4v) is 2.41. The Balaban J connectivity index is 2.27. The van der Waals surface area contributed by atoms with Crippen molar-refractivity contribution < 1.29 is 35.5 Å². The molecule has 0 atom stereocenters.